The van der Waals surface area contributed by atoms with Gasteiger partial charge >= 0.3 is 0 Å². The number of aliphatic imine (C=N–C) groups is 1. The fraction of sp³-hybridized carbons (Fsp3) is 0.625. The number of hydrogen-bond acceptors (Lipinski definition) is 1. The highest BCUT2D eigenvalue weighted by molar-refractivity contribution is 5.95. The summed E-state index contributed by atoms with van der Waals surface area (Å²) in [7, 11) is 1.91. The van der Waals surface area contributed by atoms with Crippen LogP contribution in [-0.4, -0.2) is 12.8 Å². The molecule has 1 heteroatoms. The molecule has 1 atom stereocenters. The summed E-state index contributed by atoms with van der Waals surface area (Å²) in [5.74, 6) is 1.57. The van der Waals surface area contributed by atoms with E-state index < -0.39 is 0 Å². The summed E-state index contributed by atoms with van der Waals surface area (Å²) in [6, 6.07) is 0. The van der Waals surface area contributed by atoms with E-state index in [0.29, 0.717) is 5.92 Å². The zero-order chi connectivity index (χ0) is 18.4. The van der Waals surface area contributed by atoms with Gasteiger partial charge in [-0.3, -0.25) is 4.99 Å². The first-order valence-electron chi connectivity index (χ1n) is 10.1. The Balaban J connectivity index is 2.25. The molecule has 0 aromatic carbocycles. The molecule has 25 heavy (non-hydrogen) atoms. The Hall–Kier alpha value is -1.37. The normalized spacial score (nSPS) is 37.7. The van der Waals surface area contributed by atoms with Crippen molar-refractivity contribution in [2.24, 2.45) is 22.2 Å². The molecule has 0 aliphatic heterocycles. The standard InChI is InChI=1S/C24H37N/c1-7-24(5)16-21(14-19(3)10-13-23(17-24)25-6)15-20(4)22-11-8-18(2)9-12-22/h10,13-15,18,22H,4,7-9,11-12,16-17H2,1-3,5-6H3/b13-10-,19-14-,21-15?,25-23+. The fourth-order valence-corrected chi connectivity index (χ4v) is 4.15. The van der Waals surface area contributed by atoms with Crippen molar-refractivity contribution in [3.8, 4) is 0 Å². The van der Waals surface area contributed by atoms with Crippen LogP contribution in [0.15, 0.2) is 52.6 Å². The molecule has 0 aromatic heterocycles. The van der Waals surface area contributed by atoms with Gasteiger partial charge in [-0.05, 0) is 61.5 Å². The fourth-order valence-electron chi connectivity index (χ4n) is 4.15. The summed E-state index contributed by atoms with van der Waals surface area (Å²) in [5, 5.41) is 0. The van der Waals surface area contributed by atoms with E-state index in [2.05, 4.69) is 63.6 Å². The molecule has 0 bridgehead atoms. The zero-order valence-corrected chi connectivity index (χ0v) is 17.1. The van der Waals surface area contributed by atoms with Gasteiger partial charge < -0.3 is 0 Å². The molecular weight excluding hydrogens is 302 g/mol. The van der Waals surface area contributed by atoms with Crippen molar-refractivity contribution in [1.29, 1.82) is 0 Å². The molecule has 0 aromatic rings. The van der Waals surface area contributed by atoms with Gasteiger partial charge in [0.1, 0.15) is 0 Å². The lowest BCUT2D eigenvalue weighted by atomic mass is 9.75. The lowest BCUT2D eigenvalue weighted by Gasteiger charge is -2.30. The van der Waals surface area contributed by atoms with Crippen LogP contribution >= 0.6 is 0 Å². The van der Waals surface area contributed by atoms with Crippen molar-refractivity contribution in [2.75, 3.05) is 7.05 Å². The molecule has 0 spiro atoms. The van der Waals surface area contributed by atoms with Crippen molar-refractivity contribution in [3.05, 3.63) is 47.6 Å². The summed E-state index contributed by atoms with van der Waals surface area (Å²) in [6.07, 6.45) is 17.8. The molecule has 2 aliphatic carbocycles. The SMILES string of the molecule is C=C(C=C1\C=C(C)/C=C\C(=N/C)CC(C)(CC)C1)C1CCC(C)CC1. The van der Waals surface area contributed by atoms with Crippen LogP contribution in [0.4, 0.5) is 0 Å². The first-order valence-corrected chi connectivity index (χ1v) is 10.1. The topological polar surface area (TPSA) is 12.4 Å². The average Bonchev–Trinajstić information content (AvgIpc) is 2.64. The van der Waals surface area contributed by atoms with E-state index in [-0.39, 0.29) is 5.41 Å². The molecule has 1 fully saturated rings. The highest BCUT2D eigenvalue weighted by Gasteiger charge is 2.26. The summed E-state index contributed by atoms with van der Waals surface area (Å²) >= 11 is 0. The van der Waals surface area contributed by atoms with E-state index in [1.165, 1.54) is 48.1 Å². The maximum Gasteiger partial charge on any atom is 0.0350 e. The van der Waals surface area contributed by atoms with Crippen molar-refractivity contribution < 1.29 is 0 Å². The Kier molecular flexibility index (Phi) is 7.04. The van der Waals surface area contributed by atoms with Crippen LogP contribution < -0.4 is 0 Å². The summed E-state index contributed by atoms with van der Waals surface area (Å²) in [4.78, 5) is 4.50. The van der Waals surface area contributed by atoms with Gasteiger partial charge in [0.2, 0.25) is 0 Å². The van der Waals surface area contributed by atoms with Gasteiger partial charge in [0, 0.05) is 12.8 Å². The molecule has 2 aliphatic rings. The predicted octanol–water partition coefficient (Wildman–Crippen LogP) is 7.08. The van der Waals surface area contributed by atoms with Crippen molar-refractivity contribution in [1.82, 2.24) is 0 Å². The lowest BCUT2D eigenvalue weighted by molar-refractivity contribution is 0.319. The average molecular weight is 340 g/mol. The Morgan fingerprint density at radius 1 is 1.24 bits per heavy atom. The van der Waals surface area contributed by atoms with Crippen LogP contribution in [0.5, 0.6) is 0 Å². The Bertz CT molecular complexity index is 594. The maximum absolute atomic E-state index is 4.50. The first-order chi connectivity index (χ1) is 11.8. The molecular formula is C24H37N. The van der Waals surface area contributed by atoms with Crippen molar-refractivity contribution in [2.45, 2.75) is 72.6 Å². The van der Waals surface area contributed by atoms with E-state index in [4.69, 9.17) is 0 Å². The summed E-state index contributed by atoms with van der Waals surface area (Å²) < 4.78 is 0. The van der Waals surface area contributed by atoms with Crippen LogP contribution in [0.3, 0.4) is 0 Å². The third-order valence-corrected chi connectivity index (χ3v) is 6.24. The highest BCUT2D eigenvalue weighted by atomic mass is 14.7. The zero-order valence-electron chi connectivity index (χ0n) is 17.1. The van der Waals surface area contributed by atoms with E-state index in [0.717, 1.165) is 25.2 Å². The smallest absolute Gasteiger partial charge is 0.0350 e. The number of allylic oxidation sites excluding steroid dienone is 7. The maximum atomic E-state index is 4.50. The number of nitrogens with zero attached hydrogens (tertiary/aromatic N) is 1. The van der Waals surface area contributed by atoms with E-state index in [1.54, 1.807) is 0 Å². The van der Waals surface area contributed by atoms with Crippen LogP contribution in [0.1, 0.15) is 72.6 Å². The van der Waals surface area contributed by atoms with Crippen LogP contribution in [0, 0.1) is 17.3 Å². The van der Waals surface area contributed by atoms with E-state index in [9.17, 15) is 0 Å². The van der Waals surface area contributed by atoms with Gasteiger partial charge in [0.15, 0.2) is 0 Å². The van der Waals surface area contributed by atoms with Crippen LogP contribution in [0.2, 0.25) is 0 Å². The molecule has 0 N–H and O–H groups in total. The molecule has 2 rings (SSSR count). The molecule has 0 saturated heterocycles. The van der Waals surface area contributed by atoms with Gasteiger partial charge in [-0.25, -0.2) is 0 Å². The van der Waals surface area contributed by atoms with Gasteiger partial charge in [0.05, 0.1) is 0 Å². The molecule has 0 amide bonds. The summed E-state index contributed by atoms with van der Waals surface area (Å²) in [6.45, 7) is 13.7. The van der Waals surface area contributed by atoms with Crippen molar-refractivity contribution in [3.63, 3.8) is 0 Å². The highest BCUT2D eigenvalue weighted by Crippen LogP contribution is 2.38. The van der Waals surface area contributed by atoms with E-state index in [1.807, 2.05) is 7.05 Å². The minimum Gasteiger partial charge on any atom is -0.293 e. The monoisotopic (exact) mass is 339 g/mol. The molecule has 0 radical (unpaired) electrons. The molecule has 1 nitrogen and oxygen atoms in total. The minimum absolute atomic E-state index is 0.257. The van der Waals surface area contributed by atoms with Crippen molar-refractivity contribution >= 4 is 5.71 Å². The minimum atomic E-state index is 0.257. The second kappa shape index (κ2) is 8.83. The predicted molar refractivity (Wildman–Crippen MR) is 112 cm³/mol. The third kappa shape index (κ3) is 5.83. The van der Waals surface area contributed by atoms with Crippen LogP contribution in [-0.2, 0) is 0 Å². The number of rotatable bonds is 3. The molecule has 1 saturated carbocycles. The Labute approximate surface area is 155 Å². The first kappa shape index (κ1) is 19.9. The Morgan fingerprint density at radius 2 is 1.92 bits per heavy atom. The second-order valence-electron chi connectivity index (χ2n) is 8.71. The number of hydrogen-bond donors (Lipinski definition) is 0. The Morgan fingerprint density at radius 3 is 2.52 bits per heavy atom. The molecule has 138 valence electrons. The third-order valence-electron chi connectivity index (χ3n) is 6.24. The molecule has 0 heterocycles. The van der Waals surface area contributed by atoms with Crippen LogP contribution in [0.25, 0.3) is 0 Å². The largest absolute Gasteiger partial charge is 0.293 e. The quantitative estimate of drug-likeness (QED) is 0.521. The van der Waals surface area contributed by atoms with E-state index >= 15 is 0 Å². The van der Waals surface area contributed by atoms with Gasteiger partial charge in [-0.2, -0.15) is 0 Å². The second-order valence-corrected chi connectivity index (χ2v) is 8.71. The summed E-state index contributed by atoms with van der Waals surface area (Å²) in [5.41, 5.74) is 5.55. The molecule has 1 unspecified atom stereocenters. The lowest BCUT2D eigenvalue weighted by Crippen LogP contribution is -2.20. The van der Waals surface area contributed by atoms with Gasteiger partial charge in [0.25, 0.3) is 0 Å². The van der Waals surface area contributed by atoms with Gasteiger partial charge in [-0.15, -0.1) is 0 Å². The van der Waals surface area contributed by atoms with Gasteiger partial charge in [-0.1, -0.05) is 76.0 Å².